The quantitative estimate of drug-likeness (QED) is 0.651. The highest BCUT2D eigenvalue weighted by atomic mass is 79.9. The number of hydrogen-bond donors (Lipinski definition) is 1. The van der Waals surface area contributed by atoms with Gasteiger partial charge in [0, 0.05) is 23.5 Å². The zero-order valence-electron chi connectivity index (χ0n) is 12.9. The summed E-state index contributed by atoms with van der Waals surface area (Å²) in [5, 5.41) is 0. The molecule has 0 spiro atoms. The Morgan fingerprint density at radius 2 is 2.16 bits per heavy atom. The SMILES string of the molecule is CC(Oc1nc(Br)cnc1N)c1cc(F)ccc1-c1nccn1SF. The monoisotopic (exact) mass is 427 g/mol. The van der Waals surface area contributed by atoms with Gasteiger partial charge in [0.05, 0.1) is 6.20 Å². The van der Waals surface area contributed by atoms with Gasteiger partial charge >= 0.3 is 0 Å². The second-order valence-corrected chi connectivity index (χ2v) is 6.36. The van der Waals surface area contributed by atoms with E-state index in [0.717, 1.165) is 0 Å². The van der Waals surface area contributed by atoms with Crippen molar-refractivity contribution in [3.63, 3.8) is 0 Å². The fraction of sp³-hybridized carbons (Fsp3) is 0.133. The van der Waals surface area contributed by atoms with Crippen LogP contribution in [-0.2, 0) is 0 Å². The molecule has 0 aliphatic rings. The largest absolute Gasteiger partial charge is 0.467 e. The first-order valence-electron chi connectivity index (χ1n) is 7.06. The van der Waals surface area contributed by atoms with Crippen molar-refractivity contribution in [3.8, 4) is 17.3 Å². The number of rotatable bonds is 5. The number of halogens is 3. The van der Waals surface area contributed by atoms with Gasteiger partial charge in [0.2, 0.25) is 0 Å². The molecule has 1 atom stereocenters. The summed E-state index contributed by atoms with van der Waals surface area (Å²) in [5.41, 5.74) is 6.77. The van der Waals surface area contributed by atoms with E-state index in [9.17, 15) is 8.28 Å². The molecule has 0 fully saturated rings. The second kappa shape index (κ2) is 7.36. The average Bonchev–Trinajstić information content (AvgIpc) is 3.06. The van der Waals surface area contributed by atoms with E-state index in [1.165, 1.54) is 40.8 Å². The number of imidazole rings is 1. The maximum Gasteiger partial charge on any atom is 0.258 e. The summed E-state index contributed by atoms with van der Waals surface area (Å²) in [6.07, 6.45) is 3.73. The fourth-order valence-corrected chi connectivity index (χ4v) is 2.86. The Morgan fingerprint density at radius 3 is 2.92 bits per heavy atom. The van der Waals surface area contributed by atoms with Crippen molar-refractivity contribution >= 4 is 34.1 Å². The van der Waals surface area contributed by atoms with Crippen LogP contribution in [0.1, 0.15) is 18.6 Å². The van der Waals surface area contributed by atoms with Gasteiger partial charge in [0.1, 0.15) is 16.5 Å². The van der Waals surface area contributed by atoms with Crippen LogP contribution >= 0.6 is 28.3 Å². The third kappa shape index (κ3) is 3.74. The highest BCUT2D eigenvalue weighted by molar-refractivity contribution is 9.10. The van der Waals surface area contributed by atoms with Crippen molar-refractivity contribution in [1.82, 2.24) is 18.9 Å². The first-order valence-corrected chi connectivity index (χ1v) is 8.53. The summed E-state index contributed by atoms with van der Waals surface area (Å²) in [4.78, 5) is 12.2. The number of aromatic nitrogens is 4. The van der Waals surface area contributed by atoms with Gasteiger partial charge < -0.3 is 10.5 Å². The number of ether oxygens (including phenoxy) is 1. The molecule has 25 heavy (non-hydrogen) atoms. The van der Waals surface area contributed by atoms with Crippen LogP contribution in [0.4, 0.5) is 14.1 Å². The zero-order valence-corrected chi connectivity index (χ0v) is 15.3. The van der Waals surface area contributed by atoms with Gasteiger partial charge in [-0.3, -0.25) is 0 Å². The molecule has 2 N–H and O–H groups in total. The summed E-state index contributed by atoms with van der Waals surface area (Å²) in [5.74, 6) is 0.105. The number of hydrogen-bond acceptors (Lipinski definition) is 6. The Labute approximate surface area is 155 Å². The van der Waals surface area contributed by atoms with Crippen molar-refractivity contribution in [2.75, 3.05) is 5.73 Å². The molecule has 6 nitrogen and oxygen atoms in total. The van der Waals surface area contributed by atoms with Gasteiger partial charge in [-0.05, 0) is 41.1 Å². The molecule has 0 aliphatic heterocycles. The van der Waals surface area contributed by atoms with Crippen LogP contribution < -0.4 is 10.5 Å². The highest BCUT2D eigenvalue weighted by Gasteiger charge is 2.20. The Balaban J connectivity index is 2.01. The van der Waals surface area contributed by atoms with Crippen molar-refractivity contribution < 1.29 is 13.0 Å². The lowest BCUT2D eigenvalue weighted by molar-refractivity contribution is 0.217. The minimum absolute atomic E-state index is 0.000984. The maximum atomic E-state index is 13.8. The molecule has 0 amide bonds. The Morgan fingerprint density at radius 1 is 1.36 bits per heavy atom. The molecule has 3 aromatic rings. The van der Waals surface area contributed by atoms with Crippen molar-refractivity contribution in [2.24, 2.45) is 0 Å². The van der Waals surface area contributed by atoms with Gasteiger partial charge in [-0.1, -0.05) is 0 Å². The van der Waals surface area contributed by atoms with Gasteiger partial charge in [0.15, 0.2) is 24.0 Å². The minimum Gasteiger partial charge on any atom is -0.467 e. The molecule has 2 heterocycles. The van der Waals surface area contributed by atoms with E-state index in [-0.39, 0.29) is 24.0 Å². The second-order valence-electron chi connectivity index (χ2n) is 5.02. The molecule has 2 aromatic heterocycles. The lowest BCUT2D eigenvalue weighted by Crippen LogP contribution is -2.10. The molecular weight excluding hydrogens is 416 g/mol. The molecule has 0 saturated carbocycles. The summed E-state index contributed by atoms with van der Waals surface area (Å²) in [6.45, 7) is 1.70. The van der Waals surface area contributed by atoms with E-state index >= 15 is 0 Å². The predicted molar refractivity (Wildman–Crippen MR) is 94.9 cm³/mol. The smallest absolute Gasteiger partial charge is 0.258 e. The molecule has 1 aromatic carbocycles. The van der Waals surface area contributed by atoms with Crippen LogP contribution in [-0.4, -0.2) is 18.9 Å². The van der Waals surface area contributed by atoms with Crippen molar-refractivity contribution in [2.45, 2.75) is 13.0 Å². The number of anilines is 1. The number of benzene rings is 1. The van der Waals surface area contributed by atoms with E-state index in [0.29, 0.717) is 21.6 Å². The van der Waals surface area contributed by atoms with Crippen LogP contribution in [0.5, 0.6) is 5.88 Å². The van der Waals surface area contributed by atoms with E-state index in [2.05, 4.69) is 30.9 Å². The van der Waals surface area contributed by atoms with Crippen LogP contribution in [0, 0.1) is 5.82 Å². The Hall–Kier alpha value is -2.20. The third-order valence-corrected chi connectivity index (χ3v) is 4.23. The minimum atomic E-state index is -0.633. The van der Waals surface area contributed by atoms with Crippen molar-refractivity contribution in [3.05, 3.63) is 52.8 Å². The maximum absolute atomic E-state index is 13.8. The summed E-state index contributed by atoms with van der Waals surface area (Å²) >= 11 is 3.19. The summed E-state index contributed by atoms with van der Waals surface area (Å²) in [6, 6.07) is 4.11. The van der Waals surface area contributed by atoms with Crippen LogP contribution in [0.2, 0.25) is 0 Å². The van der Waals surface area contributed by atoms with E-state index in [4.69, 9.17) is 10.5 Å². The lowest BCUT2D eigenvalue weighted by atomic mass is 10.0. The van der Waals surface area contributed by atoms with Gasteiger partial charge in [-0.15, -0.1) is 3.89 Å². The van der Waals surface area contributed by atoms with E-state index in [1.807, 2.05) is 0 Å². The first-order chi connectivity index (χ1) is 12.0. The highest BCUT2D eigenvalue weighted by Crippen LogP contribution is 2.33. The first kappa shape index (κ1) is 17.6. The molecule has 1 unspecified atom stereocenters. The average molecular weight is 428 g/mol. The standard InChI is InChI=1S/C15H12BrF2N5OS/c1-8(24-15-13(19)21-7-12(16)22-15)11-6-9(17)2-3-10(11)14-20-4-5-23(14)25-18/h2-8H,1H3,(H2,19,21). The van der Waals surface area contributed by atoms with Crippen LogP contribution in [0.3, 0.4) is 0 Å². The molecule has 130 valence electrons. The molecule has 0 radical (unpaired) electrons. The molecule has 0 saturated heterocycles. The molecular formula is C15H12BrF2N5OS. The summed E-state index contributed by atoms with van der Waals surface area (Å²) in [7, 11) is 0. The topological polar surface area (TPSA) is 78.8 Å². The third-order valence-electron chi connectivity index (χ3n) is 3.40. The van der Waals surface area contributed by atoms with Crippen molar-refractivity contribution in [1.29, 1.82) is 0 Å². The molecule has 3 rings (SSSR count). The molecule has 10 heteroatoms. The lowest BCUT2D eigenvalue weighted by Gasteiger charge is -2.18. The van der Waals surface area contributed by atoms with Gasteiger partial charge in [-0.2, -0.15) is 0 Å². The van der Waals surface area contributed by atoms with E-state index < -0.39 is 11.9 Å². The normalized spacial score (nSPS) is 12.2. The fourth-order valence-electron chi connectivity index (χ4n) is 2.29. The predicted octanol–water partition coefficient (Wildman–Crippen LogP) is 4.34. The zero-order chi connectivity index (χ0) is 18.0. The van der Waals surface area contributed by atoms with Crippen LogP contribution in [0.25, 0.3) is 11.4 Å². The molecule has 0 aliphatic carbocycles. The number of nitrogen functional groups attached to an aromatic ring is 1. The molecule has 0 bridgehead atoms. The van der Waals surface area contributed by atoms with E-state index in [1.54, 1.807) is 6.92 Å². The number of nitrogens with zero attached hydrogens (tertiary/aromatic N) is 4. The Bertz CT molecular complexity index is 907. The van der Waals surface area contributed by atoms with Crippen LogP contribution in [0.15, 0.2) is 41.4 Å². The number of nitrogens with two attached hydrogens (primary N) is 1. The summed E-state index contributed by atoms with van der Waals surface area (Å²) < 4.78 is 34.3. The Kier molecular flexibility index (Phi) is 5.19. The van der Waals surface area contributed by atoms with Gasteiger partial charge in [-0.25, -0.2) is 23.3 Å². The van der Waals surface area contributed by atoms with Gasteiger partial charge in [0.25, 0.3) is 5.88 Å².